The summed E-state index contributed by atoms with van der Waals surface area (Å²) in [5, 5.41) is 5.08. The van der Waals surface area contributed by atoms with E-state index in [1.165, 1.54) is 47.2 Å². The number of hydrogen-bond acceptors (Lipinski definition) is 7. The largest absolute Gasteiger partial charge is 0.406 e. The Labute approximate surface area is 338 Å². The Morgan fingerprint density at radius 1 is 0.842 bits per heavy atom. The molecule has 0 radical (unpaired) electrons. The highest BCUT2D eigenvalue weighted by Gasteiger charge is 2.55. The third-order valence-corrected chi connectivity index (χ3v) is 18.6. The zero-order chi connectivity index (χ0) is 39.8. The smallest absolute Gasteiger partial charge is 0.329 e. The molecular formula is C46H61N5O5Si. The molecule has 57 heavy (non-hydrogen) atoms. The number of likely N-dealkylation sites (tertiary alicyclic amines) is 1. The Morgan fingerprint density at radius 2 is 1.54 bits per heavy atom. The van der Waals surface area contributed by atoms with Crippen molar-refractivity contribution in [2.24, 2.45) is 7.05 Å². The summed E-state index contributed by atoms with van der Waals surface area (Å²) in [6.07, 6.45) is 9.67. The molecule has 4 aliphatic rings. The number of imidazole rings is 1. The number of aromatic nitrogens is 2. The SMILES string of the molecule is Cn1c(=O)n(C2CCC(=O)NC2=O)c2ccc(CCCOC3CCN(C[C@@H]4CC[C@@]5(CO[Si](c6ccccc6)(c6ccccc6)C(C)(C)C)CCCN45)CC3)cc21. The van der Waals surface area contributed by atoms with Gasteiger partial charge in [-0.15, -0.1) is 0 Å². The lowest BCUT2D eigenvalue weighted by atomic mass is 9.95. The van der Waals surface area contributed by atoms with Gasteiger partial charge in [0.1, 0.15) is 6.04 Å². The molecule has 11 heteroatoms. The third-order valence-electron chi connectivity index (χ3n) is 13.7. The van der Waals surface area contributed by atoms with Crippen LogP contribution < -0.4 is 21.4 Å². The number of aryl methyl sites for hydroxylation is 2. The van der Waals surface area contributed by atoms with Crippen LogP contribution in [0.4, 0.5) is 0 Å². The maximum atomic E-state index is 13.2. The van der Waals surface area contributed by atoms with Crippen molar-refractivity contribution in [2.45, 2.75) is 114 Å². The Kier molecular flexibility index (Phi) is 11.5. The van der Waals surface area contributed by atoms with Gasteiger partial charge in [0.2, 0.25) is 11.8 Å². The maximum Gasteiger partial charge on any atom is 0.329 e. The second-order valence-electron chi connectivity index (χ2n) is 18.1. The number of nitrogens with zero attached hydrogens (tertiary/aromatic N) is 4. The molecule has 5 heterocycles. The fourth-order valence-electron chi connectivity index (χ4n) is 10.7. The molecule has 4 aliphatic heterocycles. The number of nitrogens with one attached hydrogen (secondary N) is 1. The standard InChI is InChI=1S/C46H61N5O5Si/c1-45(2,3)57(37-14-7-5-8-15-37,38-16-9-6-10-17-38)56-33-46-25-12-27-50(46)35(22-26-46)32-49-28-23-36(24-29-49)55-30-11-13-34-18-19-39-41(31-34)48(4)44(54)51(39)40-20-21-42(52)47-43(40)53/h5-10,14-19,31,35-36,40H,11-13,20-30,32-33H2,1-4H3,(H,47,52,53)/t35-,40?,46+/m0/s1. The number of piperidine rings is 2. The van der Waals surface area contributed by atoms with Gasteiger partial charge in [-0.2, -0.15) is 0 Å². The number of imide groups is 1. The molecule has 4 fully saturated rings. The molecular weight excluding hydrogens is 731 g/mol. The van der Waals surface area contributed by atoms with E-state index in [4.69, 9.17) is 9.16 Å². The van der Waals surface area contributed by atoms with Crippen molar-refractivity contribution >= 4 is 41.5 Å². The molecule has 2 amide bonds. The fourth-order valence-corrected chi connectivity index (χ4v) is 15.3. The predicted molar refractivity (Wildman–Crippen MR) is 228 cm³/mol. The van der Waals surface area contributed by atoms with Crippen LogP contribution in [-0.2, 0) is 32.2 Å². The fraction of sp³-hybridized carbons (Fsp3) is 0.543. The van der Waals surface area contributed by atoms with Crippen molar-refractivity contribution in [1.82, 2.24) is 24.3 Å². The minimum atomic E-state index is -2.60. The molecule has 0 saturated carbocycles. The molecule has 1 unspecified atom stereocenters. The maximum absolute atomic E-state index is 13.2. The lowest BCUT2D eigenvalue weighted by molar-refractivity contribution is -0.135. The first-order valence-electron chi connectivity index (χ1n) is 21.4. The molecule has 1 aromatic heterocycles. The van der Waals surface area contributed by atoms with E-state index < -0.39 is 20.3 Å². The van der Waals surface area contributed by atoms with Crippen LogP contribution in [0, 0.1) is 0 Å². The van der Waals surface area contributed by atoms with Crippen molar-refractivity contribution in [3.05, 3.63) is 94.9 Å². The van der Waals surface area contributed by atoms with E-state index in [0.717, 1.165) is 68.5 Å². The summed E-state index contributed by atoms with van der Waals surface area (Å²) < 4.78 is 17.1. The van der Waals surface area contributed by atoms with Gasteiger partial charge in [0.15, 0.2) is 0 Å². The highest BCUT2D eigenvalue weighted by Crippen LogP contribution is 2.45. The second-order valence-corrected chi connectivity index (χ2v) is 22.4. The number of benzene rings is 3. The summed E-state index contributed by atoms with van der Waals surface area (Å²) in [4.78, 5) is 42.9. The van der Waals surface area contributed by atoms with E-state index >= 15 is 0 Å². The number of rotatable bonds is 13. The molecule has 0 aliphatic carbocycles. The Morgan fingerprint density at radius 3 is 2.21 bits per heavy atom. The van der Waals surface area contributed by atoms with Crippen LogP contribution in [0.3, 0.4) is 0 Å². The molecule has 10 nitrogen and oxygen atoms in total. The van der Waals surface area contributed by atoms with Crippen molar-refractivity contribution in [3.63, 3.8) is 0 Å². The van der Waals surface area contributed by atoms with E-state index in [9.17, 15) is 14.4 Å². The number of carbonyl (C=O) groups excluding carboxylic acids is 2. The van der Waals surface area contributed by atoms with Crippen LogP contribution in [0.15, 0.2) is 83.7 Å². The summed E-state index contributed by atoms with van der Waals surface area (Å²) in [5.74, 6) is -0.695. The highest BCUT2D eigenvalue weighted by molar-refractivity contribution is 6.99. The quantitative estimate of drug-likeness (QED) is 0.112. The minimum Gasteiger partial charge on any atom is -0.406 e. The van der Waals surface area contributed by atoms with Gasteiger partial charge in [0.05, 0.1) is 23.7 Å². The molecule has 0 bridgehead atoms. The van der Waals surface area contributed by atoms with Gasteiger partial charge in [-0.1, -0.05) is 87.5 Å². The van der Waals surface area contributed by atoms with Crippen LogP contribution in [0.5, 0.6) is 0 Å². The van der Waals surface area contributed by atoms with Crippen molar-refractivity contribution in [3.8, 4) is 0 Å². The van der Waals surface area contributed by atoms with Crippen LogP contribution in [0.25, 0.3) is 11.0 Å². The molecule has 304 valence electrons. The van der Waals surface area contributed by atoms with Gasteiger partial charge in [0.25, 0.3) is 8.32 Å². The topological polar surface area (TPSA) is 98.0 Å². The zero-order valence-corrected chi connectivity index (χ0v) is 35.4. The Hall–Kier alpha value is -3.87. The summed E-state index contributed by atoms with van der Waals surface area (Å²) in [5.41, 5.74) is 2.55. The molecule has 0 spiro atoms. The van der Waals surface area contributed by atoms with Crippen LogP contribution in [0.1, 0.15) is 90.2 Å². The van der Waals surface area contributed by atoms with Gasteiger partial charge in [-0.25, -0.2) is 4.79 Å². The normalized spacial score (nSPS) is 24.0. The lowest BCUT2D eigenvalue weighted by Crippen LogP contribution is -2.68. The Balaban J connectivity index is 0.830. The summed E-state index contributed by atoms with van der Waals surface area (Å²) in [6, 6.07) is 28.1. The number of amides is 2. The van der Waals surface area contributed by atoms with Crippen molar-refractivity contribution in [2.75, 3.05) is 39.4 Å². The van der Waals surface area contributed by atoms with Gasteiger partial charge in [-0.3, -0.25) is 28.9 Å². The van der Waals surface area contributed by atoms with Gasteiger partial charge >= 0.3 is 5.69 Å². The first kappa shape index (κ1) is 39.9. The average molecular weight is 792 g/mol. The zero-order valence-electron chi connectivity index (χ0n) is 34.4. The number of hydrogen-bond donors (Lipinski definition) is 1. The molecule has 1 N–H and O–H groups in total. The predicted octanol–water partition coefficient (Wildman–Crippen LogP) is 5.30. The van der Waals surface area contributed by atoms with E-state index in [-0.39, 0.29) is 28.6 Å². The lowest BCUT2D eigenvalue weighted by Gasteiger charge is -2.46. The van der Waals surface area contributed by atoms with E-state index in [0.29, 0.717) is 25.2 Å². The van der Waals surface area contributed by atoms with Crippen LogP contribution in [0.2, 0.25) is 5.04 Å². The van der Waals surface area contributed by atoms with E-state index in [1.54, 1.807) is 11.6 Å². The first-order valence-corrected chi connectivity index (χ1v) is 23.3. The van der Waals surface area contributed by atoms with Gasteiger partial charge < -0.3 is 14.1 Å². The number of ether oxygens (including phenoxy) is 1. The van der Waals surface area contributed by atoms with Crippen LogP contribution in [-0.4, -0.2) is 96.1 Å². The molecule has 4 saturated heterocycles. The Bertz CT molecular complexity index is 2060. The summed E-state index contributed by atoms with van der Waals surface area (Å²) in [7, 11) is -0.854. The summed E-state index contributed by atoms with van der Waals surface area (Å²) >= 11 is 0. The highest BCUT2D eigenvalue weighted by atomic mass is 28.4. The van der Waals surface area contributed by atoms with Crippen molar-refractivity contribution in [1.29, 1.82) is 0 Å². The van der Waals surface area contributed by atoms with Crippen molar-refractivity contribution < 1.29 is 18.8 Å². The second kappa shape index (κ2) is 16.4. The molecule has 3 aromatic carbocycles. The molecule has 8 rings (SSSR count). The number of carbonyl (C=O) groups is 2. The average Bonchev–Trinajstić information content (AvgIpc) is 3.85. The van der Waals surface area contributed by atoms with E-state index in [1.807, 2.05) is 12.1 Å². The number of fused-ring (bicyclic) bond motifs is 2. The van der Waals surface area contributed by atoms with E-state index in [2.05, 4.69) is 103 Å². The van der Waals surface area contributed by atoms with Crippen LogP contribution >= 0.6 is 0 Å². The summed E-state index contributed by atoms with van der Waals surface area (Å²) in [6.45, 7) is 13.1. The van der Waals surface area contributed by atoms with Gasteiger partial charge in [0, 0.05) is 51.3 Å². The third kappa shape index (κ3) is 7.74. The minimum absolute atomic E-state index is 0.0239. The molecule has 3 atom stereocenters. The monoisotopic (exact) mass is 791 g/mol. The molecule has 4 aromatic rings. The first-order chi connectivity index (χ1) is 27.5. The van der Waals surface area contributed by atoms with Gasteiger partial charge in [-0.05, 0) is 97.4 Å².